The molecule has 1 saturated heterocycles. The molecule has 2 aromatic rings. The Labute approximate surface area is 152 Å². The Balaban J connectivity index is 1.71. The Morgan fingerprint density at radius 2 is 2.32 bits per heavy atom. The molecule has 0 unspecified atom stereocenters. The van der Waals surface area contributed by atoms with E-state index in [-0.39, 0.29) is 17.8 Å². The van der Waals surface area contributed by atoms with Gasteiger partial charge in [-0.05, 0) is 31.4 Å². The van der Waals surface area contributed by atoms with Crippen LogP contribution in [0.3, 0.4) is 0 Å². The molecule has 1 aliphatic heterocycles. The maximum absolute atomic E-state index is 13.9. The zero-order chi connectivity index (χ0) is 17.6. The summed E-state index contributed by atoms with van der Waals surface area (Å²) in [5, 5.41) is 6.05. The predicted octanol–water partition coefficient (Wildman–Crippen LogP) is 3.76. The number of rotatable bonds is 6. The molecule has 1 fully saturated rings. The highest BCUT2D eigenvalue weighted by Gasteiger charge is 2.31. The summed E-state index contributed by atoms with van der Waals surface area (Å²) in [5.74, 6) is 0.189. The van der Waals surface area contributed by atoms with E-state index >= 15 is 0 Å². The number of hydrogen-bond acceptors (Lipinski definition) is 4. The molecule has 0 aliphatic carbocycles. The van der Waals surface area contributed by atoms with Gasteiger partial charge in [-0.2, -0.15) is 0 Å². The molecule has 1 amide bonds. The summed E-state index contributed by atoms with van der Waals surface area (Å²) in [7, 11) is 0. The third-order valence-electron chi connectivity index (χ3n) is 4.72. The summed E-state index contributed by atoms with van der Waals surface area (Å²) in [6, 6.07) is 6.89. The minimum absolute atomic E-state index is 0.0476. The van der Waals surface area contributed by atoms with E-state index in [9.17, 15) is 9.18 Å². The lowest BCUT2D eigenvalue weighted by Gasteiger charge is -2.36. The number of thiazole rings is 1. The predicted molar refractivity (Wildman–Crippen MR) is 97.7 cm³/mol. The highest BCUT2D eigenvalue weighted by atomic mass is 32.1. The van der Waals surface area contributed by atoms with Crippen molar-refractivity contribution >= 4 is 17.2 Å². The van der Waals surface area contributed by atoms with Crippen LogP contribution in [0.2, 0.25) is 0 Å². The molecule has 1 aliphatic rings. The van der Waals surface area contributed by atoms with Crippen LogP contribution in [0, 0.1) is 11.7 Å². The highest BCUT2D eigenvalue weighted by Crippen LogP contribution is 2.31. The Hall–Kier alpha value is -1.79. The van der Waals surface area contributed by atoms with Crippen molar-refractivity contribution in [3.63, 3.8) is 0 Å². The standard InChI is InChI=1S/C19H24FN3OS/c1-2-17(24)22-18(19-21-9-11-25-19)15-7-5-10-23(13-15)12-14-6-3-4-8-16(14)20/h3-4,6,8-9,11,15,18H,2,5,7,10,12-13H2,1H3,(H,22,24)/t15-,18-/m1/s1. The summed E-state index contributed by atoms with van der Waals surface area (Å²) in [5.41, 5.74) is 0.728. The fourth-order valence-electron chi connectivity index (χ4n) is 3.42. The second-order valence-electron chi connectivity index (χ2n) is 6.50. The monoisotopic (exact) mass is 361 g/mol. The lowest BCUT2D eigenvalue weighted by Crippen LogP contribution is -2.42. The second kappa shape index (κ2) is 8.54. The van der Waals surface area contributed by atoms with Crippen molar-refractivity contribution in [2.24, 2.45) is 5.92 Å². The minimum atomic E-state index is -0.152. The van der Waals surface area contributed by atoms with E-state index in [2.05, 4.69) is 15.2 Å². The normalized spacial score (nSPS) is 19.5. The van der Waals surface area contributed by atoms with Crippen LogP contribution in [0.5, 0.6) is 0 Å². The van der Waals surface area contributed by atoms with E-state index in [1.807, 2.05) is 24.4 Å². The molecule has 0 bridgehead atoms. The minimum Gasteiger partial charge on any atom is -0.347 e. The number of amides is 1. The van der Waals surface area contributed by atoms with Gasteiger partial charge in [-0.15, -0.1) is 11.3 Å². The summed E-state index contributed by atoms with van der Waals surface area (Å²) >= 11 is 1.58. The average Bonchev–Trinajstić information content (AvgIpc) is 3.16. The molecular formula is C19H24FN3OS. The number of benzene rings is 1. The molecule has 0 saturated carbocycles. The van der Waals surface area contributed by atoms with Crippen molar-refractivity contribution in [1.29, 1.82) is 0 Å². The zero-order valence-corrected chi connectivity index (χ0v) is 15.3. The van der Waals surface area contributed by atoms with Gasteiger partial charge in [0.25, 0.3) is 0 Å². The van der Waals surface area contributed by atoms with Crippen LogP contribution in [0.15, 0.2) is 35.8 Å². The zero-order valence-electron chi connectivity index (χ0n) is 14.5. The number of piperidine rings is 1. The van der Waals surface area contributed by atoms with E-state index < -0.39 is 0 Å². The van der Waals surface area contributed by atoms with Crippen LogP contribution >= 0.6 is 11.3 Å². The number of carbonyl (C=O) groups is 1. The van der Waals surface area contributed by atoms with Gasteiger partial charge in [-0.25, -0.2) is 9.37 Å². The van der Waals surface area contributed by atoms with Gasteiger partial charge in [-0.3, -0.25) is 9.69 Å². The van der Waals surface area contributed by atoms with Crippen LogP contribution in [0.4, 0.5) is 4.39 Å². The molecule has 2 atom stereocenters. The first-order valence-corrected chi connectivity index (χ1v) is 9.70. The summed E-state index contributed by atoms with van der Waals surface area (Å²) in [6.45, 7) is 4.26. The van der Waals surface area contributed by atoms with Gasteiger partial charge in [0.15, 0.2) is 0 Å². The van der Waals surface area contributed by atoms with Crippen molar-refractivity contribution in [1.82, 2.24) is 15.2 Å². The fourth-order valence-corrected chi connectivity index (χ4v) is 4.20. The average molecular weight is 361 g/mol. The molecule has 3 rings (SSSR count). The second-order valence-corrected chi connectivity index (χ2v) is 7.42. The first-order chi connectivity index (χ1) is 12.2. The number of hydrogen-bond donors (Lipinski definition) is 1. The third kappa shape index (κ3) is 4.64. The molecule has 25 heavy (non-hydrogen) atoms. The quantitative estimate of drug-likeness (QED) is 0.852. The third-order valence-corrected chi connectivity index (χ3v) is 5.58. The van der Waals surface area contributed by atoms with E-state index in [0.717, 1.165) is 36.5 Å². The summed E-state index contributed by atoms with van der Waals surface area (Å²) in [6.07, 6.45) is 4.34. The van der Waals surface area contributed by atoms with E-state index in [1.165, 1.54) is 6.07 Å². The summed E-state index contributed by atoms with van der Waals surface area (Å²) < 4.78 is 13.9. The van der Waals surface area contributed by atoms with Crippen LogP contribution in [0.25, 0.3) is 0 Å². The maximum Gasteiger partial charge on any atom is 0.220 e. The molecule has 0 radical (unpaired) electrons. The topological polar surface area (TPSA) is 45.2 Å². The number of aromatic nitrogens is 1. The molecule has 6 heteroatoms. The number of nitrogens with zero attached hydrogens (tertiary/aromatic N) is 2. The molecule has 2 heterocycles. The van der Waals surface area contributed by atoms with E-state index in [4.69, 9.17) is 0 Å². The molecule has 4 nitrogen and oxygen atoms in total. The van der Waals surface area contributed by atoms with Crippen molar-refractivity contribution < 1.29 is 9.18 Å². The number of carbonyl (C=O) groups excluding carboxylic acids is 1. The van der Waals surface area contributed by atoms with Crippen LogP contribution in [-0.2, 0) is 11.3 Å². The first-order valence-electron chi connectivity index (χ1n) is 8.82. The van der Waals surface area contributed by atoms with Crippen molar-refractivity contribution in [2.75, 3.05) is 13.1 Å². The lowest BCUT2D eigenvalue weighted by atomic mass is 9.90. The number of halogens is 1. The van der Waals surface area contributed by atoms with Crippen molar-refractivity contribution in [3.05, 3.63) is 52.2 Å². The van der Waals surface area contributed by atoms with Gasteiger partial charge < -0.3 is 5.32 Å². The Bertz CT molecular complexity index is 692. The van der Waals surface area contributed by atoms with E-state index in [1.54, 1.807) is 23.6 Å². The Kier molecular flexibility index (Phi) is 6.15. The number of likely N-dealkylation sites (tertiary alicyclic amines) is 1. The van der Waals surface area contributed by atoms with E-state index in [0.29, 0.717) is 18.9 Å². The van der Waals surface area contributed by atoms with Crippen LogP contribution in [-0.4, -0.2) is 28.9 Å². The van der Waals surface area contributed by atoms with Crippen molar-refractivity contribution in [3.8, 4) is 0 Å². The molecular weight excluding hydrogens is 337 g/mol. The molecule has 1 aromatic carbocycles. The van der Waals surface area contributed by atoms with Gasteiger partial charge in [0.05, 0.1) is 6.04 Å². The van der Waals surface area contributed by atoms with Gasteiger partial charge in [-0.1, -0.05) is 25.1 Å². The molecule has 1 N–H and O–H groups in total. The van der Waals surface area contributed by atoms with Crippen LogP contribution in [0.1, 0.15) is 42.8 Å². The van der Waals surface area contributed by atoms with Gasteiger partial charge in [0, 0.05) is 36.7 Å². The number of nitrogens with one attached hydrogen (secondary N) is 1. The Morgan fingerprint density at radius 3 is 3.04 bits per heavy atom. The fraction of sp³-hybridized carbons (Fsp3) is 0.474. The first kappa shape index (κ1) is 18.0. The molecule has 1 aromatic heterocycles. The van der Waals surface area contributed by atoms with Crippen molar-refractivity contribution in [2.45, 2.75) is 38.8 Å². The van der Waals surface area contributed by atoms with Crippen LogP contribution < -0.4 is 5.32 Å². The largest absolute Gasteiger partial charge is 0.347 e. The smallest absolute Gasteiger partial charge is 0.220 e. The van der Waals surface area contributed by atoms with Gasteiger partial charge >= 0.3 is 0 Å². The Morgan fingerprint density at radius 1 is 1.48 bits per heavy atom. The highest BCUT2D eigenvalue weighted by molar-refractivity contribution is 7.09. The maximum atomic E-state index is 13.9. The summed E-state index contributed by atoms with van der Waals surface area (Å²) in [4.78, 5) is 18.7. The van der Waals surface area contributed by atoms with Gasteiger partial charge in [0.2, 0.25) is 5.91 Å². The molecule has 134 valence electrons. The molecule has 0 spiro atoms. The SMILES string of the molecule is CCC(=O)N[C@@H](c1nccs1)[C@@H]1CCCN(Cc2ccccc2F)C1. The van der Waals surface area contributed by atoms with Gasteiger partial charge in [0.1, 0.15) is 10.8 Å². The lowest BCUT2D eigenvalue weighted by molar-refractivity contribution is -0.122.